The van der Waals surface area contributed by atoms with Crippen LogP contribution in [-0.4, -0.2) is 78.3 Å². The molecule has 1 aromatic heterocycles. The van der Waals surface area contributed by atoms with Gasteiger partial charge in [0.05, 0.1) is 12.6 Å². The molecule has 10 nitrogen and oxygen atoms in total. The highest BCUT2D eigenvalue weighted by Crippen LogP contribution is 2.27. The Bertz CT molecular complexity index is 1190. The number of benzene rings is 1. The van der Waals surface area contributed by atoms with Crippen LogP contribution >= 0.6 is 0 Å². The monoisotopic (exact) mass is 566 g/mol. The van der Waals surface area contributed by atoms with Gasteiger partial charge in [0.25, 0.3) is 11.9 Å². The summed E-state index contributed by atoms with van der Waals surface area (Å²) in [4.78, 5) is 34.4. The van der Waals surface area contributed by atoms with Crippen molar-refractivity contribution < 1.29 is 18.8 Å². The van der Waals surface area contributed by atoms with Crippen molar-refractivity contribution in [2.24, 2.45) is 5.92 Å². The first-order chi connectivity index (χ1) is 19.7. The zero-order valence-electron chi connectivity index (χ0n) is 25.1. The molecule has 10 heteroatoms. The van der Waals surface area contributed by atoms with Crippen LogP contribution in [0, 0.1) is 12.8 Å². The third-order valence-electron chi connectivity index (χ3n) is 8.60. The molecule has 41 heavy (non-hydrogen) atoms. The summed E-state index contributed by atoms with van der Waals surface area (Å²) in [5.74, 6) is 2.92. The zero-order chi connectivity index (χ0) is 29.0. The predicted molar refractivity (Wildman–Crippen MR) is 157 cm³/mol. The molecule has 1 aromatic carbocycles. The Balaban J connectivity index is 1.00. The van der Waals surface area contributed by atoms with Gasteiger partial charge in [-0.15, -0.1) is 0 Å². The number of ether oxygens (including phenoxy) is 1. The van der Waals surface area contributed by atoms with E-state index in [2.05, 4.69) is 46.4 Å². The van der Waals surface area contributed by atoms with Crippen molar-refractivity contribution >= 4 is 17.8 Å². The number of hydrogen-bond acceptors (Lipinski definition) is 8. The molecule has 2 N–H and O–H groups in total. The van der Waals surface area contributed by atoms with Gasteiger partial charge in [-0.2, -0.15) is 4.98 Å². The fourth-order valence-corrected chi connectivity index (χ4v) is 6.07. The van der Waals surface area contributed by atoms with Gasteiger partial charge in [-0.05, 0) is 86.7 Å². The average Bonchev–Trinajstić information content (AvgIpc) is 3.73. The normalized spacial score (nSPS) is 21.9. The van der Waals surface area contributed by atoms with Crippen LogP contribution in [0.5, 0.6) is 5.75 Å². The van der Waals surface area contributed by atoms with Crippen LogP contribution in [0.1, 0.15) is 87.5 Å². The fourth-order valence-electron chi connectivity index (χ4n) is 6.07. The van der Waals surface area contributed by atoms with Crippen molar-refractivity contribution in [3.05, 3.63) is 35.2 Å². The summed E-state index contributed by atoms with van der Waals surface area (Å²) in [6.45, 7) is 13.0. The Labute approximate surface area is 243 Å². The maximum atomic E-state index is 13.0. The maximum Gasteiger partial charge on any atom is 0.266 e. The second-order valence-electron chi connectivity index (χ2n) is 12.9. The molecule has 2 atom stereocenters. The molecule has 2 amide bonds. The lowest BCUT2D eigenvalue weighted by atomic mass is 9.92. The lowest BCUT2D eigenvalue weighted by Gasteiger charge is -2.30. The van der Waals surface area contributed by atoms with E-state index >= 15 is 0 Å². The van der Waals surface area contributed by atoms with E-state index in [1.165, 1.54) is 0 Å². The summed E-state index contributed by atoms with van der Waals surface area (Å²) >= 11 is 0. The largest absolute Gasteiger partial charge is 0.494 e. The van der Waals surface area contributed by atoms with Crippen LogP contribution in [0.3, 0.4) is 0 Å². The average molecular weight is 567 g/mol. The lowest BCUT2D eigenvalue weighted by Crippen LogP contribution is -2.42. The maximum absolute atomic E-state index is 13.0. The number of nitrogens with one attached hydrogen (secondary N) is 2. The summed E-state index contributed by atoms with van der Waals surface area (Å²) in [7, 11) is 0. The summed E-state index contributed by atoms with van der Waals surface area (Å²) in [6.07, 6.45) is 7.16. The van der Waals surface area contributed by atoms with Gasteiger partial charge in [-0.25, -0.2) is 0 Å². The third kappa shape index (κ3) is 7.39. The fraction of sp³-hybridized carbons (Fsp3) is 0.677. The topological polar surface area (TPSA) is 113 Å². The SMILES string of the molecule is Cc1cc(OCCCC2CCN(c3noc(C(C)(C)C)n3)CC2)ccc1C(=O)NC1CNC(C(=O)N2CCCC2)C1. The molecule has 0 radical (unpaired) electrons. The highest BCUT2D eigenvalue weighted by Gasteiger charge is 2.34. The van der Waals surface area contributed by atoms with E-state index in [1.807, 2.05) is 30.0 Å². The molecule has 3 saturated heterocycles. The number of piperidine rings is 1. The van der Waals surface area contributed by atoms with Gasteiger partial charge in [-0.1, -0.05) is 20.8 Å². The van der Waals surface area contributed by atoms with Crippen LogP contribution < -0.4 is 20.3 Å². The minimum absolute atomic E-state index is 0.0468. The van der Waals surface area contributed by atoms with E-state index in [4.69, 9.17) is 9.26 Å². The smallest absolute Gasteiger partial charge is 0.266 e. The molecule has 2 unspecified atom stereocenters. The van der Waals surface area contributed by atoms with Gasteiger partial charge in [0.1, 0.15) is 5.75 Å². The Morgan fingerprint density at radius 1 is 1.15 bits per heavy atom. The molecule has 0 aliphatic carbocycles. The lowest BCUT2D eigenvalue weighted by molar-refractivity contribution is -0.132. The Kier molecular flexibility index (Phi) is 9.16. The van der Waals surface area contributed by atoms with Crippen molar-refractivity contribution in [3.8, 4) is 5.75 Å². The van der Waals surface area contributed by atoms with Crippen molar-refractivity contribution in [1.82, 2.24) is 25.7 Å². The second-order valence-corrected chi connectivity index (χ2v) is 12.9. The molecule has 0 saturated carbocycles. The van der Waals surface area contributed by atoms with Crippen molar-refractivity contribution in [1.29, 1.82) is 0 Å². The number of carbonyl (C=O) groups is 2. The van der Waals surface area contributed by atoms with E-state index in [0.29, 0.717) is 42.9 Å². The molecule has 3 aliphatic heterocycles. The number of rotatable bonds is 9. The number of aryl methyl sites for hydroxylation is 1. The standard InChI is InChI=1S/C31H46N6O4/c1-21-18-24(9-10-25(21)27(38)33-23-19-26(32-20-23)28(39)36-13-5-6-14-36)40-17-7-8-22-11-15-37(16-12-22)30-34-29(41-35-30)31(2,3)4/h9-10,18,22-23,26,32H,5-8,11-17,19-20H2,1-4H3,(H,33,38). The number of carbonyl (C=O) groups excluding carboxylic acids is 2. The summed E-state index contributed by atoms with van der Waals surface area (Å²) in [5, 5.41) is 10.6. The zero-order valence-corrected chi connectivity index (χ0v) is 25.1. The highest BCUT2D eigenvalue weighted by atomic mass is 16.5. The van der Waals surface area contributed by atoms with Crippen molar-refractivity contribution in [2.75, 3.05) is 44.2 Å². The number of amides is 2. The number of anilines is 1. The highest BCUT2D eigenvalue weighted by molar-refractivity contribution is 5.96. The van der Waals surface area contributed by atoms with Crippen LogP contribution in [0.4, 0.5) is 5.95 Å². The minimum atomic E-state index is -0.199. The molecule has 3 fully saturated rings. The number of hydrogen-bond donors (Lipinski definition) is 2. The van der Waals surface area contributed by atoms with Gasteiger partial charge in [0.15, 0.2) is 0 Å². The van der Waals surface area contributed by atoms with Crippen LogP contribution in [0.2, 0.25) is 0 Å². The number of nitrogens with zero attached hydrogens (tertiary/aromatic N) is 4. The minimum Gasteiger partial charge on any atom is -0.494 e. The number of likely N-dealkylation sites (tertiary alicyclic amines) is 1. The van der Waals surface area contributed by atoms with Crippen molar-refractivity contribution in [3.63, 3.8) is 0 Å². The Morgan fingerprint density at radius 3 is 2.59 bits per heavy atom. The van der Waals surface area contributed by atoms with E-state index in [1.54, 1.807) is 0 Å². The van der Waals surface area contributed by atoms with Gasteiger partial charge < -0.3 is 29.7 Å². The molecule has 4 heterocycles. The van der Waals surface area contributed by atoms with E-state index in [9.17, 15) is 9.59 Å². The molecule has 2 aromatic rings. The second kappa shape index (κ2) is 12.8. The quantitative estimate of drug-likeness (QED) is 0.441. The van der Waals surface area contributed by atoms with Gasteiger partial charge in [0, 0.05) is 49.7 Å². The van der Waals surface area contributed by atoms with Crippen LogP contribution in [-0.2, 0) is 10.2 Å². The molecule has 0 bridgehead atoms. The van der Waals surface area contributed by atoms with Crippen LogP contribution in [0.15, 0.2) is 22.7 Å². The first-order valence-electron chi connectivity index (χ1n) is 15.3. The summed E-state index contributed by atoms with van der Waals surface area (Å²) in [5.41, 5.74) is 1.40. The van der Waals surface area contributed by atoms with Gasteiger partial charge in [-0.3, -0.25) is 9.59 Å². The Hall–Kier alpha value is -3.14. The Morgan fingerprint density at radius 2 is 1.90 bits per heavy atom. The predicted octanol–water partition coefficient (Wildman–Crippen LogP) is 3.83. The van der Waals surface area contributed by atoms with Gasteiger partial charge in [0.2, 0.25) is 11.8 Å². The molecule has 224 valence electrons. The van der Waals surface area contributed by atoms with Crippen LogP contribution in [0.25, 0.3) is 0 Å². The summed E-state index contributed by atoms with van der Waals surface area (Å²) < 4.78 is 11.5. The first kappa shape index (κ1) is 29.4. The first-order valence-corrected chi connectivity index (χ1v) is 15.3. The molecule has 3 aliphatic rings. The van der Waals surface area contributed by atoms with E-state index < -0.39 is 0 Å². The van der Waals surface area contributed by atoms with Gasteiger partial charge >= 0.3 is 0 Å². The van der Waals surface area contributed by atoms with E-state index in [-0.39, 0.29) is 29.3 Å². The van der Waals surface area contributed by atoms with E-state index in [0.717, 1.165) is 76.0 Å². The molecule has 0 spiro atoms. The number of aromatic nitrogens is 2. The third-order valence-corrected chi connectivity index (χ3v) is 8.60. The molecule has 5 rings (SSSR count). The molecular formula is C31H46N6O4. The van der Waals surface area contributed by atoms with Crippen molar-refractivity contribution in [2.45, 2.75) is 90.1 Å². The molecular weight excluding hydrogens is 520 g/mol. The summed E-state index contributed by atoms with van der Waals surface area (Å²) in [6, 6.07) is 5.42.